The zero-order chi connectivity index (χ0) is 14.4. The van der Waals surface area contributed by atoms with Gasteiger partial charge in [-0.25, -0.2) is 0 Å². The molecule has 6 nitrogen and oxygen atoms in total. The molecule has 1 atom stereocenters. The summed E-state index contributed by atoms with van der Waals surface area (Å²) in [5, 5.41) is 13.7. The molecule has 0 bridgehead atoms. The number of nitrogens with zero attached hydrogens (tertiary/aromatic N) is 2. The first-order chi connectivity index (χ1) is 9.66. The highest BCUT2D eigenvalue weighted by Gasteiger charge is 2.17. The predicted octanol–water partition coefficient (Wildman–Crippen LogP) is 2.54. The summed E-state index contributed by atoms with van der Waals surface area (Å²) < 4.78 is 5.09. The van der Waals surface area contributed by atoms with Gasteiger partial charge in [0, 0.05) is 6.04 Å². The zero-order valence-corrected chi connectivity index (χ0v) is 12.0. The Morgan fingerprint density at radius 3 is 3.05 bits per heavy atom. The van der Waals surface area contributed by atoms with Crippen LogP contribution in [0.2, 0.25) is 0 Å². The van der Waals surface area contributed by atoms with Gasteiger partial charge in [0.05, 0.1) is 12.6 Å². The van der Waals surface area contributed by atoms with Crippen LogP contribution in [0.1, 0.15) is 38.4 Å². The number of furan rings is 1. The van der Waals surface area contributed by atoms with Crippen LogP contribution in [-0.4, -0.2) is 35.5 Å². The number of rotatable bonds is 7. The van der Waals surface area contributed by atoms with Gasteiger partial charge in [0.15, 0.2) is 0 Å². The van der Waals surface area contributed by atoms with Crippen LogP contribution in [0.4, 0.5) is 5.88 Å². The zero-order valence-electron chi connectivity index (χ0n) is 12.0. The maximum absolute atomic E-state index is 10.5. The van der Waals surface area contributed by atoms with Crippen LogP contribution in [0.25, 0.3) is 0 Å². The first-order valence-electron chi connectivity index (χ1n) is 7.34. The second-order valence-corrected chi connectivity index (χ2v) is 5.41. The minimum absolute atomic E-state index is 0.191. The quantitative estimate of drug-likeness (QED) is 0.472. The summed E-state index contributed by atoms with van der Waals surface area (Å²) in [5.41, 5.74) is 0. The standard InChI is InChI=1S/C14H23N3O3/c1-12-5-2-3-9-16(12)10-4-8-15-11-13-6-7-14(20-13)17(18)19/h6-7,12,15H,2-5,8-11H2,1H3. The molecule has 1 unspecified atom stereocenters. The van der Waals surface area contributed by atoms with E-state index in [0.717, 1.165) is 19.5 Å². The van der Waals surface area contributed by atoms with Gasteiger partial charge in [-0.2, -0.15) is 0 Å². The van der Waals surface area contributed by atoms with Crippen molar-refractivity contribution in [3.63, 3.8) is 0 Å². The average molecular weight is 281 g/mol. The van der Waals surface area contributed by atoms with Crippen molar-refractivity contribution in [2.75, 3.05) is 19.6 Å². The highest BCUT2D eigenvalue weighted by Crippen LogP contribution is 2.16. The van der Waals surface area contributed by atoms with E-state index in [1.54, 1.807) is 6.07 Å². The van der Waals surface area contributed by atoms with Gasteiger partial charge < -0.3 is 14.6 Å². The lowest BCUT2D eigenvalue weighted by Gasteiger charge is -2.33. The Hall–Kier alpha value is -1.40. The topological polar surface area (TPSA) is 71.5 Å². The highest BCUT2D eigenvalue weighted by molar-refractivity contribution is 5.17. The van der Waals surface area contributed by atoms with Crippen molar-refractivity contribution in [3.8, 4) is 0 Å². The number of nitrogens with one attached hydrogen (secondary N) is 1. The van der Waals surface area contributed by atoms with Crippen LogP contribution in [-0.2, 0) is 6.54 Å². The average Bonchev–Trinajstić information content (AvgIpc) is 2.89. The Kier molecular flexibility index (Phi) is 5.55. The molecule has 0 amide bonds. The first kappa shape index (κ1) is 15.0. The molecule has 1 fully saturated rings. The van der Waals surface area contributed by atoms with E-state index < -0.39 is 4.92 Å². The molecule has 0 aliphatic carbocycles. The lowest BCUT2D eigenvalue weighted by Crippen LogP contribution is -2.38. The molecule has 2 rings (SSSR count). The lowest BCUT2D eigenvalue weighted by atomic mass is 10.0. The molecular weight excluding hydrogens is 258 g/mol. The third-order valence-electron chi connectivity index (χ3n) is 3.87. The molecule has 1 aromatic rings. The second-order valence-electron chi connectivity index (χ2n) is 5.41. The molecule has 1 aliphatic heterocycles. The van der Waals surface area contributed by atoms with E-state index >= 15 is 0 Å². The monoisotopic (exact) mass is 281 g/mol. The molecule has 6 heteroatoms. The molecule has 0 saturated carbocycles. The summed E-state index contributed by atoms with van der Waals surface area (Å²) in [7, 11) is 0. The van der Waals surface area contributed by atoms with Crippen LogP contribution in [0, 0.1) is 10.1 Å². The highest BCUT2D eigenvalue weighted by atomic mass is 16.6. The van der Waals surface area contributed by atoms with Gasteiger partial charge in [-0.05, 0) is 51.9 Å². The Morgan fingerprint density at radius 1 is 1.50 bits per heavy atom. The van der Waals surface area contributed by atoms with Crippen LogP contribution in [0.3, 0.4) is 0 Å². The van der Waals surface area contributed by atoms with Crippen LogP contribution < -0.4 is 5.32 Å². The van der Waals surface area contributed by atoms with Crippen molar-refractivity contribution in [3.05, 3.63) is 28.0 Å². The molecule has 112 valence electrons. The lowest BCUT2D eigenvalue weighted by molar-refractivity contribution is -0.402. The van der Waals surface area contributed by atoms with E-state index in [9.17, 15) is 10.1 Å². The maximum atomic E-state index is 10.5. The Bertz CT molecular complexity index is 433. The van der Waals surface area contributed by atoms with E-state index in [1.807, 2.05) is 0 Å². The summed E-state index contributed by atoms with van der Waals surface area (Å²) in [4.78, 5) is 12.5. The van der Waals surface area contributed by atoms with Crippen LogP contribution in [0.5, 0.6) is 0 Å². The van der Waals surface area contributed by atoms with Gasteiger partial charge in [0.2, 0.25) is 0 Å². The number of hydrogen-bond acceptors (Lipinski definition) is 5. The van der Waals surface area contributed by atoms with Crippen molar-refractivity contribution in [2.24, 2.45) is 0 Å². The largest absolute Gasteiger partial charge is 0.433 e. The third-order valence-corrected chi connectivity index (χ3v) is 3.87. The molecule has 0 aromatic carbocycles. The first-order valence-corrected chi connectivity index (χ1v) is 7.34. The van der Waals surface area contributed by atoms with Gasteiger partial charge in [-0.15, -0.1) is 0 Å². The number of nitro groups is 1. The smallest absolute Gasteiger partial charge is 0.404 e. The molecule has 2 heterocycles. The SMILES string of the molecule is CC1CCCCN1CCCNCc1ccc([N+](=O)[O-])o1. The summed E-state index contributed by atoms with van der Waals surface area (Å²) >= 11 is 0. The summed E-state index contributed by atoms with van der Waals surface area (Å²) in [6.07, 6.45) is 5.07. The molecule has 1 saturated heterocycles. The molecule has 20 heavy (non-hydrogen) atoms. The van der Waals surface area contributed by atoms with Crippen LogP contribution >= 0.6 is 0 Å². The molecule has 1 aliphatic rings. The fraction of sp³-hybridized carbons (Fsp3) is 0.714. The molecule has 0 spiro atoms. The van der Waals surface area contributed by atoms with Gasteiger partial charge in [-0.1, -0.05) is 6.42 Å². The molecule has 1 aromatic heterocycles. The minimum atomic E-state index is -0.513. The second kappa shape index (κ2) is 7.40. The van der Waals surface area contributed by atoms with E-state index in [1.165, 1.54) is 31.9 Å². The van der Waals surface area contributed by atoms with E-state index in [0.29, 0.717) is 18.3 Å². The van der Waals surface area contributed by atoms with Crippen molar-refractivity contribution in [2.45, 2.75) is 45.2 Å². The van der Waals surface area contributed by atoms with Crippen molar-refractivity contribution < 1.29 is 9.34 Å². The van der Waals surface area contributed by atoms with Gasteiger partial charge in [0.25, 0.3) is 0 Å². The third kappa shape index (κ3) is 4.31. The number of likely N-dealkylation sites (tertiary alicyclic amines) is 1. The molecule has 0 radical (unpaired) electrons. The van der Waals surface area contributed by atoms with Gasteiger partial charge >= 0.3 is 5.88 Å². The van der Waals surface area contributed by atoms with E-state index in [-0.39, 0.29) is 5.88 Å². The Labute approximate surface area is 119 Å². The summed E-state index contributed by atoms with van der Waals surface area (Å²) in [6.45, 7) is 6.08. The fourth-order valence-electron chi connectivity index (χ4n) is 2.67. The minimum Gasteiger partial charge on any atom is -0.404 e. The summed E-state index contributed by atoms with van der Waals surface area (Å²) in [5.74, 6) is 0.423. The van der Waals surface area contributed by atoms with Crippen molar-refractivity contribution in [1.82, 2.24) is 10.2 Å². The van der Waals surface area contributed by atoms with Gasteiger partial charge in [0.1, 0.15) is 10.7 Å². The number of hydrogen-bond donors (Lipinski definition) is 1. The normalized spacial score (nSPS) is 20.1. The predicted molar refractivity (Wildman–Crippen MR) is 76.6 cm³/mol. The number of piperidine rings is 1. The molecular formula is C14H23N3O3. The maximum Gasteiger partial charge on any atom is 0.433 e. The van der Waals surface area contributed by atoms with E-state index in [2.05, 4.69) is 17.1 Å². The van der Waals surface area contributed by atoms with Crippen molar-refractivity contribution >= 4 is 5.88 Å². The van der Waals surface area contributed by atoms with Crippen molar-refractivity contribution in [1.29, 1.82) is 0 Å². The fourth-order valence-corrected chi connectivity index (χ4v) is 2.67. The molecule has 1 N–H and O–H groups in total. The summed E-state index contributed by atoms with van der Waals surface area (Å²) in [6, 6.07) is 3.75. The van der Waals surface area contributed by atoms with Gasteiger partial charge in [-0.3, -0.25) is 10.1 Å². The Morgan fingerprint density at radius 2 is 2.35 bits per heavy atom. The van der Waals surface area contributed by atoms with E-state index in [4.69, 9.17) is 4.42 Å². The van der Waals surface area contributed by atoms with Crippen LogP contribution in [0.15, 0.2) is 16.5 Å². The Balaban J connectivity index is 1.60.